The number of rotatable bonds is 3. The van der Waals surface area contributed by atoms with Gasteiger partial charge in [0.2, 0.25) is 0 Å². The Labute approximate surface area is 70.6 Å². The molecule has 0 aliphatic carbocycles. The van der Waals surface area contributed by atoms with Crippen molar-refractivity contribution in [1.82, 2.24) is 0 Å². The summed E-state index contributed by atoms with van der Waals surface area (Å²) in [4.78, 5) is 10.5. The van der Waals surface area contributed by atoms with Gasteiger partial charge in [0.15, 0.2) is 6.29 Å². The summed E-state index contributed by atoms with van der Waals surface area (Å²) in [6, 6.07) is 4.98. The first-order chi connectivity index (χ1) is 5.81. The Balaban J connectivity index is 3.10. The summed E-state index contributed by atoms with van der Waals surface area (Å²) in [6.45, 7) is -0.0646. The maximum Gasteiger partial charge on any atom is 0.153 e. The quantitative estimate of drug-likeness (QED) is 0.681. The zero-order valence-corrected chi connectivity index (χ0v) is 6.78. The van der Waals surface area contributed by atoms with E-state index in [2.05, 4.69) is 0 Å². The first-order valence-electron chi connectivity index (χ1n) is 3.54. The van der Waals surface area contributed by atoms with E-state index in [9.17, 15) is 4.79 Å². The van der Waals surface area contributed by atoms with E-state index < -0.39 is 0 Å². The van der Waals surface area contributed by atoms with Crippen LogP contribution in [0.1, 0.15) is 15.9 Å². The maximum atomic E-state index is 10.5. The molecule has 1 aromatic rings. The number of hydrogen-bond donors (Lipinski definition) is 1. The molecule has 0 aliphatic heterocycles. The topological polar surface area (TPSA) is 46.5 Å². The Morgan fingerprint density at radius 3 is 2.83 bits per heavy atom. The molecule has 1 N–H and O–H groups in total. The minimum atomic E-state index is -0.0646. The van der Waals surface area contributed by atoms with Crippen LogP contribution in [-0.4, -0.2) is 18.5 Å². The van der Waals surface area contributed by atoms with Crippen molar-refractivity contribution in [3.8, 4) is 5.75 Å². The molecule has 0 fully saturated rings. The molecule has 0 atom stereocenters. The first kappa shape index (κ1) is 8.74. The fourth-order valence-electron chi connectivity index (χ4n) is 0.974. The van der Waals surface area contributed by atoms with Gasteiger partial charge in [-0.3, -0.25) is 4.79 Å². The molecule has 64 valence electrons. The third-order valence-corrected chi connectivity index (χ3v) is 1.60. The number of ether oxygens (including phenoxy) is 1. The predicted molar refractivity (Wildman–Crippen MR) is 44.3 cm³/mol. The lowest BCUT2D eigenvalue weighted by molar-refractivity contribution is 0.112. The van der Waals surface area contributed by atoms with Crippen LogP contribution in [0.3, 0.4) is 0 Å². The van der Waals surface area contributed by atoms with E-state index in [-0.39, 0.29) is 6.61 Å². The molecule has 3 nitrogen and oxygen atoms in total. The molecule has 0 spiro atoms. The van der Waals surface area contributed by atoms with Crippen molar-refractivity contribution in [3.63, 3.8) is 0 Å². The van der Waals surface area contributed by atoms with E-state index in [1.54, 1.807) is 18.2 Å². The molecule has 0 heterocycles. The maximum absolute atomic E-state index is 10.5. The van der Waals surface area contributed by atoms with Crippen molar-refractivity contribution in [1.29, 1.82) is 0 Å². The summed E-state index contributed by atoms with van der Waals surface area (Å²) in [5.74, 6) is 0.530. The van der Waals surface area contributed by atoms with Crippen LogP contribution in [0.15, 0.2) is 18.2 Å². The molecule has 3 heteroatoms. The lowest BCUT2D eigenvalue weighted by atomic mass is 10.1. The highest BCUT2D eigenvalue weighted by Gasteiger charge is 2.01. The van der Waals surface area contributed by atoms with Crippen LogP contribution in [-0.2, 0) is 6.61 Å². The fourth-order valence-corrected chi connectivity index (χ4v) is 0.974. The Bertz CT molecular complexity index is 281. The second-order valence-corrected chi connectivity index (χ2v) is 2.35. The van der Waals surface area contributed by atoms with Crippen LogP contribution < -0.4 is 4.74 Å². The van der Waals surface area contributed by atoms with E-state index in [1.807, 2.05) is 0 Å². The van der Waals surface area contributed by atoms with Gasteiger partial charge in [-0.2, -0.15) is 0 Å². The Morgan fingerprint density at radius 2 is 2.33 bits per heavy atom. The standard InChI is InChI=1S/C9H10O3/c1-12-9-3-2-7(5-10)4-8(9)6-11/h2-4,6,10H,5H2,1H3. The van der Waals surface area contributed by atoms with Crippen molar-refractivity contribution in [2.24, 2.45) is 0 Å². The third-order valence-electron chi connectivity index (χ3n) is 1.60. The third kappa shape index (κ3) is 1.62. The van der Waals surface area contributed by atoms with Crippen LogP contribution in [0.2, 0.25) is 0 Å². The van der Waals surface area contributed by atoms with Gasteiger partial charge in [-0.05, 0) is 17.7 Å². The number of methoxy groups -OCH3 is 1. The van der Waals surface area contributed by atoms with Crippen LogP contribution in [0.5, 0.6) is 5.75 Å². The molecule has 0 aromatic heterocycles. The molecule has 0 aliphatic rings. The number of aldehydes is 1. The zero-order valence-electron chi connectivity index (χ0n) is 6.78. The zero-order chi connectivity index (χ0) is 8.97. The Hall–Kier alpha value is -1.35. The molecular weight excluding hydrogens is 156 g/mol. The summed E-state index contributed by atoms with van der Waals surface area (Å²) in [5.41, 5.74) is 1.17. The number of carbonyl (C=O) groups is 1. The first-order valence-corrected chi connectivity index (χ1v) is 3.54. The van der Waals surface area contributed by atoms with E-state index in [4.69, 9.17) is 9.84 Å². The highest BCUT2D eigenvalue weighted by Crippen LogP contribution is 2.17. The molecule has 0 saturated heterocycles. The molecule has 0 radical (unpaired) electrons. The molecule has 12 heavy (non-hydrogen) atoms. The number of carbonyl (C=O) groups excluding carboxylic acids is 1. The smallest absolute Gasteiger partial charge is 0.153 e. The van der Waals surface area contributed by atoms with Gasteiger partial charge in [0.05, 0.1) is 19.3 Å². The number of hydrogen-bond acceptors (Lipinski definition) is 3. The van der Waals surface area contributed by atoms with Crippen molar-refractivity contribution in [2.75, 3.05) is 7.11 Å². The lowest BCUT2D eigenvalue weighted by Crippen LogP contribution is -1.92. The summed E-state index contributed by atoms with van der Waals surface area (Å²) in [6.07, 6.45) is 0.706. The predicted octanol–water partition coefficient (Wildman–Crippen LogP) is 1.00. The second-order valence-electron chi connectivity index (χ2n) is 2.35. The number of aliphatic hydroxyl groups is 1. The summed E-state index contributed by atoms with van der Waals surface area (Å²) in [5, 5.41) is 8.76. The normalized spacial score (nSPS) is 9.50. The molecule has 0 amide bonds. The van der Waals surface area contributed by atoms with Gasteiger partial charge in [0.1, 0.15) is 5.75 Å². The van der Waals surface area contributed by atoms with Gasteiger partial charge in [-0.25, -0.2) is 0 Å². The molecule has 1 aromatic carbocycles. The molecule has 0 saturated carbocycles. The largest absolute Gasteiger partial charge is 0.496 e. The van der Waals surface area contributed by atoms with Crippen LogP contribution in [0.4, 0.5) is 0 Å². The van der Waals surface area contributed by atoms with Crippen LogP contribution in [0, 0.1) is 0 Å². The van der Waals surface area contributed by atoms with Gasteiger partial charge in [-0.1, -0.05) is 6.07 Å². The average Bonchev–Trinajstić information content (AvgIpc) is 2.16. The van der Waals surface area contributed by atoms with Gasteiger partial charge in [0.25, 0.3) is 0 Å². The summed E-state index contributed by atoms with van der Waals surface area (Å²) >= 11 is 0. The molecule has 1 rings (SSSR count). The second kappa shape index (κ2) is 3.88. The van der Waals surface area contributed by atoms with Gasteiger partial charge in [0, 0.05) is 0 Å². The number of benzene rings is 1. The average molecular weight is 166 g/mol. The highest BCUT2D eigenvalue weighted by molar-refractivity contribution is 5.79. The minimum Gasteiger partial charge on any atom is -0.496 e. The summed E-state index contributed by atoms with van der Waals surface area (Å²) in [7, 11) is 1.50. The van der Waals surface area contributed by atoms with E-state index >= 15 is 0 Å². The highest BCUT2D eigenvalue weighted by atomic mass is 16.5. The Morgan fingerprint density at radius 1 is 1.58 bits per heavy atom. The van der Waals surface area contributed by atoms with Gasteiger partial charge in [-0.15, -0.1) is 0 Å². The molecule has 0 unspecified atom stereocenters. The lowest BCUT2D eigenvalue weighted by Gasteiger charge is -2.03. The van der Waals surface area contributed by atoms with E-state index in [0.717, 1.165) is 0 Å². The van der Waals surface area contributed by atoms with Crippen LogP contribution >= 0.6 is 0 Å². The van der Waals surface area contributed by atoms with Gasteiger partial charge < -0.3 is 9.84 Å². The van der Waals surface area contributed by atoms with Crippen molar-refractivity contribution < 1.29 is 14.6 Å². The molecule has 0 bridgehead atoms. The van der Waals surface area contributed by atoms with E-state index in [1.165, 1.54) is 7.11 Å². The van der Waals surface area contributed by atoms with Crippen molar-refractivity contribution in [2.45, 2.75) is 6.61 Å². The van der Waals surface area contributed by atoms with Gasteiger partial charge >= 0.3 is 0 Å². The number of aliphatic hydroxyl groups excluding tert-OH is 1. The van der Waals surface area contributed by atoms with Crippen LogP contribution in [0.25, 0.3) is 0 Å². The molecular formula is C9H10O3. The Kier molecular flexibility index (Phi) is 2.82. The monoisotopic (exact) mass is 166 g/mol. The van der Waals surface area contributed by atoms with Crippen molar-refractivity contribution in [3.05, 3.63) is 29.3 Å². The van der Waals surface area contributed by atoms with Crippen molar-refractivity contribution >= 4 is 6.29 Å². The SMILES string of the molecule is COc1ccc(CO)cc1C=O. The fraction of sp³-hybridized carbons (Fsp3) is 0.222. The summed E-state index contributed by atoms with van der Waals surface area (Å²) < 4.78 is 4.92. The van der Waals surface area contributed by atoms with E-state index in [0.29, 0.717) is 23.2 Å². The minimum absolute atomic E-state index is 0.0646.